The summed E-state index contributed by atoms with van der Waals surface area (Å²) in [7, 11) is 0. The molecule has 0 amide bonds. The SMILES string of the molecule is CCCCCCCCCCCCCCCCCC[CH]C1CO1. The summed E-state index contributed by atoms with van der Waals surface area (Å²) in [5.74, 6) is 0. The molecule has 1 atom stereocenters. The Morgan fingerprint density at radius 1 is 0.636 bits per heavy atom. The lowest BCUT2D eigenvalue weighted by molar-refractivity contribution is 0.423. The second kappa shape index (κ2) is 15.8. The summed E-state index contributed by atoms with van der Waals surface area (Å²) in [6.45, 7) is 3.28. The van der Waals surface area contributed by atoms with Gasteiger partial charge in [-0.25, -0.2) is 0 Å². The molecular formula is C21H41O. The predicted octanol–water partition coefficient (Wildman–Crippen LogP) is 7.24. The highest BCUT2D eigenvalue weighted by atomic mass is 16.6. The van der Waals surface area contributed by atoms with Gasteiger partial charge in [-0.1, -0.05) is 110 Å². The van der Waals surface area contributed by atoms with Crippen LogP contribution in [0.4, 0.5) is 0 Å². The molecule has 0 aromatic carbocycles. The highest BCUT2D eigenvalue weighted by molar-refractivity contribution is 4.85. The molecule has 1 saturated heterocycles. The summed E-state index contributed by atoms with van der Waals surface area (Å²) in [5, 5.41) is 0. The van der Waals surface area contributed by atoms with Gasteiger partial charge in [0.25, 0.3) is 0 Å². The average Bonchev–Trinajstić information content (AvgIpc) is 3.34. The Kier molecular flexibility index (Phi) is 14.4. The Bertz CT molecular complexity index is 210. The van der Waals surface area contributed by atoms with Crippen molar-refractivity contribution < 1.29 is 4.74 Å². The second-order valence-electron chi connectivity index (χ2n) is 7.20. The fourth-order valence-corrected chi connectivity index (χ4v) is 3.19. The minimum Gasteiger partial charge on any atom is -0.373 e. The van der Waals surface area contributed by atoms with E-state index in [0.29, 0.717) is 6.10 Å². The van der Waals surface area contributed by atoms with Crippen molar-refractivity contribution in [2.75, 3.05) is 6.61 Å². The number of ether oxygens (including phenoxy) is 1. The van der Waals surface area contributed by atoms with Gasteiger partial charge in [-0.3, -0.25) is 0 Å². The van der Waals surface area contributed by atoms with Crippen molar-refractivity contribution in [2.45, 2.75) is 122 Å². The Morgan fingerprint density at radius 2 is 1.00 bits per heavy atom. The van der Waals surface area contributed by atoms with Gasteiger partial charge in [0.15, 0.2) is 0 Å². The second-order valence-corrected chi connectivity index (χ2v) is 7.20. The standard InChI is InChI=1S/C21H41O/c1-2-3-4-5-6-7-8-9-10-11-12-13-14-15-16-17-18-19-21-20-22-21/h19,21H,2-18,20H2,1H3. The van der Waals surface area contributed by atoms with Crippen LogP contribution >= 0.6 is 0 Å². The van der Waals surface area contributed by atoms with E-state index in [2.05, 4.69) is 13.3 Å². The van der Waals surface area contributed by atoms with E-state index in [1.807, 2.05) is 0 Å². The molecule has 0 aromatic heterocycles. The topological polar surface area (TPSA) is 12.5 Å². The fourth-order valence-electron chi connectivity index (χ4n) is 3.19. The van der Waals surface area contributed by atoms with Gasteiger partial charge in [0, 0.05) is 0 Å². The molecule has 0 aromatic rings. The van der Waals surface area contributed by atoms with Gasteiger partial charge in [0.1, 0.15) is 0 Å². The Hall–Kier alpha value is -0.0400. The van der Waals surface area contributed by atoms with Crippen molar-refractivity contribution in [2.24, 2.45) is 0 Å². The van der Waals surface area contributed by atoms with Gasteiger partial charge in [0.05, 0.1) is 12.7 Å². The Labute approximate surface area is 140 Å². The molecule has 1 rings (SSSR count). The van der Waals surface area contributed by atoms with Crippen LogP contribution in [0.3, 0.4) is 0 Å². The molecule has 0 aliphatic carbocycles. The van der Waals surface area contributed by atoms with Crippen molar-refractivity contribution >= 4 is 0 Å². The summed E-state index contributed by atoms with van der Waals surface area (Å²) in [6, 6.07) is 0. The van der Waals surface area contributed by atoms with Crippen LogP contribution in [0.5, 0.6) is 0 Å². The molecule has 0 N–H and O–H groups in total. The minimum absolute atomic E-state index is 0.524. The zero-order valence-corrected chi connectivity index (χ0v) is 15.3. The molecule has 1 heterocycles. The number of hydrogen-bond acceptors (Lipinski definition) is 1. The van der Waals surface area contributed by atoms with Crippen LogP contribution in [0.2, 0.25) is 0 Å². The summed E-state index contributed by atoms with van der Waals surface area (Å²) < 4.78 is 5.18. The number of rotatable bonds is 18. The fraction of sp³-hybridized carbons (Fsp3) is 0.952. The first kappa shape index (κ1) is 20.0. The monoisotopic (exact) mass is 309 g/mol. The van der Waals surface area contributed by atoms with Gasteiger partial charge in [-0.2, -0.15) is 0 Å². The first-order chi connectivity index (χ1) is 10.9. The summed E-state index contributed by atoms with van der Waals surface area (Å²) >= 11 is 0. The normalized spacial score (nSPS) is 17.0. The van der Waals surface area contributed by atoms with Crippen LogP contribution in [0.25, 0.3) is 0 Å². The largest absolute Gasteiger partial charge is 0.373 e. The van der Waals surface area contributed by atoms with Gasteiger partial charge >= 0.3 is 0 Å². The van der Waals surface area contributed by atoms with Crippen molar-refractivity contribution in [1.29, 1.82) is 0 Å². The first-order valence-corrected chi connectivity index (χ1v) is 10.4. The van der Waals surface area contributed by atoms with Crippen LogP contribution in [0.15, 0.2) is 0 Å². The molecule has 0 spiro atoms. The molecule has 1 radical (unpaired) electrons. The number of unbranched alkanes of at least 4 members (excludes halogenated alkanes) is 16. The third kappa shape index (κ3) is 14.9. The van der Waals surface area contributed by atoms with Crippen LogP contribution in [0, 0.1) is 6.42 Å². The van der Waals surface area contributed by atoms with Crippen LogP contribution in [-0.2, 0) is 4.74 Å². The summed E-state index contributed by atoms with van der Waals surface area (Å²) in [5.41, 5.74) is 0. The molecule has 1 heteroatoms. The maximum atomic E-state index is 5.18. The zero-order valence-electron chi connectivity index (χ0n) is 15.3. The summed E-state index contributed by atoms with van der Waals surface area (Å²) in [4.78, 5) is 0. The van der Waals surface area contributed by atoms with Gasteiger partial charge in [-0.05, 0) is 12.8 Å². The molecular weight excluding hydrogens is 268 g/mol. The summed E-state index contributed by atoms with van der Waals surface area (Å²) in [6.07, 6.45) is 27.4. The third-order valence-corrected chi connectivity index (χ3v) is 4.85. The van der Waals surface area contributed by atoms with E-state index in [-0.39, 0.29) is 0 Å². The lowest BCUT2D eigenvalue weighted by atomic mass is 10.0. The van der Waals surface area contributed by atoms with Gasteiger partial charge in [-0.15, -0.1) is 0 Å². The van der Waals surface area contributed by atoms with Gasteiger partial charge in [0.2, 0.25) is 0 Å². The smallest absolute Gasteiger partial charge is 0.0841 e. The van der Waals surface area contributed by atoms with Crippen LogP contribution in [-0.4, -0.2) is 12.7 Å². The molecule has 0 bridgehead atoms. The molecule has 22 heavy (non-hydrogen) atoms. The highest BCUT2D eigenvalue weighted by Gasteiger charge is 2.21. The van der Waals surface area contributed by atoms with Crippen molar-refractivity contribution in [3.8, 4) is 0 Å². The molecule has 1 nitrogen and oxygen atoms in total. The van der Waals surface area contributed by atoms with E-state index < -0.39 is 0 Å². The van der Waals surface area contributed by atoms with Crippen LogP contribution in [0.1, 0.15) is 116 Å². The van der Waals surface area contributed by atoms with Crippen LogP contribution < -0.4 is 0 Å². The van der Waals surface area contributed by atoms with Crippen molar-refractivity contribution in [1.82, 2.24) is 0 Å². The molecule has 1 aliphatic rings. The average molecular weight is 310 g/mol. The van der Waals surface area contributed by atoms with E-state index in [0.717, 1.165) is 6.61 Å². The molecule has 131 valence electrons. The van der Waals surface area contributed by atoms with E-state index >= 15 is 0 Å². The van der Waals surface area contributed by atoms with Gasteiger partial charge < -0.3 is 4.74 Å². The molecule has 1 unspecified atom stereocenters. The van der Waals surface area contributed by atoms with Crippen molar-refractivity contribution in [3.63, 3.8) is 0 Å². The lowest BCUT2D eigenvalue weighted by Crippen LogP contribution is -1.87. The Balaban J connectivity index is 1.59. The number of epoxide rings is 1. The lowest BCUT2D eigenvalue weighted by Gasteiger charge is -2.03. The highest BCUT2D eigenvalue weighted by Crippen LogP contribution is 2.17. The van der Waals surface area contributed by atoms with Crippen molar-refractivity contribution in [3.05, 3.63) is 6.42 Å². The first-order valence-electron chi connectivity index (χ1n) is 10.4. The molecule has 1 aliphatic heterocycles. The minimum atomic E-state index is 0.524. The molecule has 0 saturated carbocycles. The van der Waals surface area contributed by atoms with E-state index in [9.17, 15) is 0 Å². The maximum Gasteiger partial charge on any atom is 0.0841 e. The van der Waals surface area contributed by atoms with E-state index in [1.54, 1.807) is 0 Å². The molecule has 1 fully saturated rings. The quantitative estimate of drug-likeness (QED) is 0.192. The van der Waals surface area contributed by atoms with E-state index in [4.69, 9.17) is 4.74 Å². The Morgan fingerprint density at radius 3 is 1.36 bits per heavy atom. The number of hydrogen-bond donors (Lipinski definition) is 0. The predicted molar refractivity (Wildman–Crippen MR) is 98.2 cm³/mol. The third-order valence-electron chi connectivity index (χ3n) is 4.85. The zero-order chi connectivity index (χ0) is 15.7. The maximum absolute atomic E-state index is 5.18. The van der Waals surface area contributed by atoms with E-state index in [1.165, 1.54) is 109 Å².